The van der Waals surface area contributed by atoms with Crippen LogP contribution in [0.25, 0.3) is 0 Å². The van der Waals surface area contributed by atoms with Crippen molar-refractivity contribution in [3.8, 4) is 5.75 Å². The largest absolute Gasteiger partial charge is 0.573 e. The molecule has 0 spiro atoms. The molecule has 0 bridgehead atoms. The third kappa shape index (κ3) is 2.97. The van der Waals surface area contributed by atoms with Crippen molar-refractivity contribution in [3.05, 3.63) is 23.8 Å². The Bertz CT molecular complexity index is 554. The van der Waals surface area contributed by atoms with Gasteiger partial charge in [0.25, 0.3) is 0 Å². The summed E-state index contributed by atoms with van der Waals surface area (Å²) in [7, 11) is 0. The molecule has 2 aliphatic heterocycles. The predicted molar refractivity (Wildman–Crippen MR) is 70.2 cm³/mol. The molecule has 1 saturated heterocycles. The predicted octanol–water partition coefficient (Wildman–Crippen LogP) is 2.23. The van der Waals surface area contributed by atoms with Gasteiger partial charge in [-0.2, -0.15) is 0 Å². The van der Waals surface area contributed by atoms with Crippen molar-refractivity contribution >= 4 is 11.6 Å². The zero-order valence-electron chi connectivity index (χ0n) is 11.2. The Morgan fingerprint density at radius 1 is 1.24 bits per heavy atom. The van der Waals surface area contributed by atoms with E-state index in [1.165, 1.54) is 18.2 Å². The molecule has 1 aromatic carbocycles. The first kappa shape index (κ1) is 14.2. The first-order valence-electron chi connectivity index (χ1n) is 6.85. The van der Waals surface area contributed by atoms with Gasteiger partial charge in [-0.25, -0.2) is 0 Å². The van der Waals surface area contributed by atoms with Crippen LogP contribution in [-0.4, -0.2) is 31.4 Å². The minimum Gasteiger partial charge on any atom is -0.406 e. The molecule has 0 atom stereocenters. The Labute approximate surface area is 119 Å². The summed E-state index contributed by atoms with van der Waals surface area (Å²) in [6, 6.07) is 4.15. The number of nitrogens with zero attached hydrogens (tertiary/aromatic N) is 1. The molecule has 1 fully saturated rings. The van der Waals surface area contributed by atoms with Gasteiger partial charge in [-0.3, -0.25) is 4.79 Å². The van der Waals surface area contributed by atoms with Crippen molar-refractivity contribution in [2.45, 2.75) is 31.7 Å². The van der Waals surface area contributed by atoms with Gasteiger partial charge < -0.3 is 15.0 Å². The number of benzene rings is 1. The quantitative estimate of drug-likeness (QED) is 0.910. The fraction of sp³-hybridized carbons (Fsp3) is 0.500. The number of hydrogen-bond donors (Lipinski definition) is 1. The molecule has 7 heteroatoms. The number of nitrogens with one attached hydrogen (secondary N) is 1. The number of fused-ring (bicyclic) bond motifs is 1. The van der Waals surface area contributed by atoms with E-state index in [9.17, 15) is 18.0 Å². The summed E-state index contributed by atoms with van der Waals surface area (Å²) < 4.78 is 40.9. The highest BCUT2D eigenvalue weighted by molar-refractivity contribution is 6.02. The molecule has 0 saturated carbocycles. The topological polar surface area (TPSA) is 41.6 Å². The van der Waals surface area contributed by atoms with Gasteiger partial charge in [0.1, 0.15) is 5.75 Å². The third-order valence-electron chi connectivity index (χ3n) is 3.83. The van der Waals surface area contributed by atoms with Crippen molar-refractivity contribution in [1.29, 1.82) is 0 Å². The van der Waals surface area contributed by atoms with Crippen LogP contribution in [0.4, 0.5) is 18.9 Å². The standard InChI is InChI=1S/C14H15F3N2O2/c15-14(16,17)21-11-2-1-9-7-13(20)19(12(9)8-11)10-3-5-18-6-4-10/h1-2,8,10,18H,3-7H2. The lowest BCUT2D eigenvalue weighted by molar-refractivity contribution is -0.274. The first-order valence-corrected chi connectivity index (χ1v) is 6.85. The van der Waals surface area contributed by atoms with Crippen molar-refractivity contribution in [2.24, 2.45) is 0 Å². The molecular formula is C14H15F3N2O2. The second kappa shape index (κ2) is 5.22. The lowest BCUT2D eigenvalue weighted by Crippen LogP contribution is -2.44. The normalized spacial score (nSPS) is 19.8. The highest BCUT2D eigenvalue weighted by Gasteiger charge is 2.36. The Balaban J connectivity index is 1.88. The zero-order chi connectivity index (χ0) is 15.0. The minimum absolute atomic E-state index is 0.0427. The summed E-state index contributed by atoms with van der Waals surface area (Å²) in [5.74, 6) is -0.337. The molecule has 21 heavy (non-hydrogen) atoms. The summed E-state index contributed by atoms with van der Waals surface area (Å²) in [5.41, 5.74) is 1.31. The highest BCUT2D eigenvalue weighted by atomic mass is 19.4. The van der Waals surface area contributed by atoms with E-state index < -0.39 is 6.36 Å². The summed E-state index contributed by atoms with van der Waals surface area (Å²) >= 11 is 0. The van der Waals surface area contributed by atoms with Crippen LogP contribution in [0, 0.1) is 0 Å². The lowest BCUT2D eigenvalue weighted by atomic mass is 10.0. The minimum atomic E-state index is -4.73. The van der Waals surface area contributed by atoms with E-state index in [1.54, 1.807) is 4.90 Å². The van der Waals surface area contributed by atoms with Crippen LogP contribution in [-0.2, 0) is 11.2 Å². The van der Waals surface area contributed by atoms with E-state index in [0.717, 1.165) is 31.5 Å². The van der Waals surface area contributed by atoms with E-state index in [-0.39, 0.29) is 24.1 Å². The molecule has 1 aromatic rings. The number of anilines is 1. The summed E-state index contributed by atoms with van der Waals surface area (Å²) in [4.78, 5) is 13.8. The van der Waals surface area contributed by atoms with E-state index in [4.69, 9.17) is 0 Å². The van der Waals surface area contributed by atoms with Crippen LogP contribution < -0.4 is 15.0 Å². The average Bonchev–Trinajstić information content (AvgIpc) is 2.73. The van der Waals surface area contributed by atoms with Gasteiger partial charge in [-0.05, 0) is 37.6 Å². The van der Waals surface area contributed by atoms with Crippen LogP contribution in [0.2, 0.25) is 0 Å². The maximum atomic E-state index is 12.3. The first-order chi connectivity index (χ1) is 9.94. The SMILES string of the molecule is O=C1Cc2ccc(OC(F)(F)F)cc2N1C1CCNCC1. The van der Waals surface area contributed by atoms with Crippen LogP contribution >= 0.6 is 0 Å². The molecule has 3 rings (SSSR count). The molecule has 0 unspecified atom stereocenters. The molecule has 0 aliphatic carbocycles. The molecule has 1 amide bonds. The molecule has 0 radical (unpaired) electrons. The van der Waals surface area contributed by atoms with Crippen molar-refractivity contribution in [2.75, 3.05) is 18.0 Å². The van der Waals surface area contributed by atoms with E-state index >= 15 is 0 Å². The summed E-state index contributed by atoms with van der Waals surface area (Å²) in [6.07, 6.45) is -2.88. The van der Waals surface area contributed by atoms with E-state index in [0.29, 0.717) is 5.69 Å². The van der Waals surface area contributed by atoms with Gasteiger partial charge >= 0.3 is 6.36 Å². The smallest absolute Gasteiger partial charge is 0.406 e. The monoisotopic (exact) mass is 300 g/mol. The fourth-order valence-corrected chi connectivity index (χ4v) is 2.96. The molecule has 0 aromatic heterocycles. The molecule has 114 valence electrons. The number of hydrogen-bond acceptors (Lipinski definition) is 3. The molecular weight excluding hydrogens is 285 g/mol. The Hall–Kier alpha value is -1.76. The van der Waals surface area contributed by atoms with Gasteiger partial charge in [0.15, 0.2) is 0 Å². The summed E-state index contributed by atoms with van der Waals surface area (Å²) in [5, 5.41) is 3.21. The van der Waals surface area contributed by atoms with E-state index in [2.05, 4.69) is 10.1 Å². The van der Waals surface area contributed by atoms with Crippen LogP contribution in [0.3, 0.4) is 0 Å². The average molecular weight is 300 g/mol. The third-order valence-corrected chi connectivity index (χ3v) is 3.83. The van der Waals surface area contributed by atoms with Gasteiger partial charge in [0.2, 0.25) is 5.91 Å². The zero-order valence-corrected chi connectivity index (χ0v) is 11.2. The number of carbonyl (C=O) groups excluding carboxylic acids is 1. The van der Waals surface area contributed by atoms with Gasteiger partial charge in [0.05, 0.1) is 12.1 Å². The molecule has 2 aliphatic rings. The number of alkyl halides is 3. The lowest BCUT2D eigenvalue weighted by Gasteiger charge is -2.32. The van der Waals surface area contributed by atoms with Crippen molar-refractivity contribution < 1.29 is 22.7 Å². The Kier molecular flexibility index (Phi) is 3.52. The molecule has 4 nitrogen and oxygen atoms in total. The maximum absolute atomic E-state index is 12.3. The van der Waals surface area contributed by atoms with Gasteiger partial charge in [-0.15, -0.1) is 13.2 Å². The summed E-state index contributed by atoms with van der Waals surface area (Å²) in [6.45, 7) is 1.62. The van der Waals surface area contributed by atoms with Gasteiger partial charge in [0, 0.05) is 12.1 Å². The van der Waals surface area contributed by atoms with Crippen molar-refractivity contribution in [3.63, 3.8) is 0 Å². The Morgan fingerprint density at radius 2 is 1.95 bits per heavy atom. The van der Waals surface area contributed by atoms with Crippen LogP contribution in [0.15, 0.2) is 18.2 Å². The molecule has 2 heterocycles. The number of carbonyl (C=O) groups is 1. The number of amides is 1. The number of ether oxygens (including phenoxy) is 1. The number of piperidine rings is 1. The fourth-order valence-electron chi connectivity index (χ4n) is 2.96. The highest BCUT2D eigenvalue weighted by Crippen LogP contribution is 2.36. The number of halogens is 3. The second-order valence-electron chi connectivity index (χ2n) is 5.26. The van der Waals surface area contributed by atoms with Crippen LogP contribution in [0.1, 0.15) is 18.4 Å². The number of rotatable bonds is 2. The second-order valence-corrected chi connectivity index (χ2v) is 5.26. The Morgan fingerprint density at radius 3 is 2.62 bits per heavy atom. The van der Waals surface area contributed by atoms with Gasteiger partial charge in [-0.1, -0.05) is 6.07 Å². The van der Waals surface area contributed by atoms with Crippen LogP contribution in [0.5, 0.6) is 5.75 Å². The maximum Gasteiger partial charge on any atom is 0.573 e. The van der Waals surface area contributed by atoms with E-state index in [1.807, 2.05) is 0 Å². The van der Waals surface area contributed by atoms with Crippen molar-refractivity contribution in [1.82, 2.24) is 5.32 Å². The molecule has 1 N–H and O–H groups in total.